The van der Waals surface area contributed by atoms with Crippen LogP contribution in [-0.2, 0) is 6.42 Å². The van der Waals surface area contributed by atoms with Gasteiger partial charge in [0.25, 0.3) is 0 Å². The molecule has 0 aliphatic rings. The lowest BCUT2D eigenvalue weighted by molar-refractivity contribution is 0.0560. The summed E-state index contributed by atoms with van der Waals surface area (Å²) in [5.41, 5.74) is 1.14. The summed E-state index contributed by atoms with van der Waals surface area (Å²) in [5, 5.41) is 30.1. The van der Waals surface area contributed by atoms with Gasteiger partial charge in [0.2, 0.25) is 0 Å². The third-order valence-corrected chi connectivity index (χ3v) is 4.65. The second-order valence-electron chi connectivity index (χ2n) is 6.69. The molecule has 0 saturated carbocycles. The number of alkyl halides is 4. The molecule has 0 spiro atoms. The Kier molecular flexibility index (Phi) is 6.00. The molecule has 0 aliphatic heterocycles. The summed E-state index contributed by atoms with van der Waals surface area (Å²) in [6.07, 6.45) is 6.25. The van der Waals surface area contributed by atoms with Gasteiger partial charge in [-0.25, -0.2) is 9.67 Å². The second-order valence-corrected chi connectivity index (χ2v) is 6.69. The van der Waals surface area contributed by atoms with Crippen molar-refractivity contribution in [3.8, 4) is 11.4 Å². The van der Waals surface area contributed by atoms with Crippen LogP contribution in [0.2, 0.25) is 0 Å². The molecule has 10 nitrogen and oxygen atoms in total. The first-order chi connectivity index (χ1) is 15.3. The Bertz CT molecular complexity index is 1180. The Hall–Kier alpha value is -3.59. The van der Waals surface area contributed by atoms with Gasteiger partial charge in [-0.15, -0.1) is 0 Å². The fourth-order valence-corrected chi connectivity index (χ4v) is 3.12. The molecule has 1 atom stereocenters. The van der Waals surface area contributed by atoms with Gasteiger partial charge in [0.15, 0.2) is 5.82 Å². The van der Waals surface area contributed by atoms with Crippen molar-refractivity contribution in [2.45, 2.75) is 25.6 Å². The molecule has 0 fully saturated rings. The van der Waals surface area contributed by atoms with Crippen molar-refractivity contribution in [2.75, 3.05) is 0 Å². The molecule has 15 heteroatoms. The zero-order chi connectivity index (χ0) is 22.8. The van der Waals surface area contributed by atoms with Crippen LogP contribution >= 0.6 is 0 Å². The van der Waals surface area contributed by atoms with E-state index < -0.39 is 26.3 Å². The second kappa shape index (κ2) is 8.88. The highest BCUT2D eigenvalue weighted by Gasteiger charge is 2.23. The van der Waals surface area contributed by atoms with Crippen molar-refractivity contribution < 1.29 is 27.6 Å². The monoisotopic (exact) mass is 450 g/mol. The summed E-state index contributed by atoms with van der Waals surface area (Å²) >= 11 is 0. The fourth-order valence-electron chi connectivity index (χ4n) is 3.12. The van der Waals surface area contributed by atoms with E-state index >= 15 is 0 Å². The van der Waals surface area contributed by atoms with Crippen LogP contribution in [0.1, 0.15) is 30.5 Å². The zero-order valence-electron chi connectivity index (χ0n) is 16.1. The molecule has 0 aromatic carbocycles. The summed E-state index contributed by atoms with van der Waals surface area (Å²) in [6, 6.07) is 3.71. The fraction of sp³-hybridized carbons (Fsp3) is 0.235. The standard InChI is InChI=1S/C17H15BF4N8O2/c19-16(20)28-4-3-12(27-28)5-14(13-2-1-11(7-23-13)18(31)32)29-8-10(6-25-29)15-24-9-26-30(15)17(21)22/h1-4,6-9,14,16-17,31-32H,5H2. The normalized spacial score (nSPS) is 12.6. The van der Waals surface area contributed by atoms with Crippen molar-refractivity contribution in [3.63, 3.8) is 0 Å². The van der Waals surface area contributed by atoms with Crippen molar-refractivity contribution in [2.24, 2.45) is 0 Å². The van der Waals surface area contributed by atoms with E-state index in [0.29, 0.717) is 20.8 Å². The molecule has 4 heterocycles. The zero-order valence-corrected chi connectivity index (χ0v) is 16.1. The van der Waals surface area contributed by atoms with E-state index in [0.717, 1.165) is 12.5 Å². The number of aromatic nitrogens is 8. The SMILES string of the molecule is OB(O)c1ccc(C(Cc2ccn(C(F)F)n2)n2cc(-c3ncnn3C(F)F)cn2)nc1. The van der Waals surface area contributed by atoms with Gasteiger partial charge in [0, 0.05) is 30.5 Å². The topological polar surface area (TPSA) is 120 Å². The molecule has 1 unspecified atom stereocenters. The number of halogens is 4. The quantitative estimate of drug-likeness (QED) is 0.304. The molecular weight excluding hydrogens is 435 g/mol. The van der Waals surface area contributed by atoms with E-state index in [2.05, 4.69) is 25.3 Å². The Labute approximate surface area is 177 Å². The molecule has 166 valence electrons. The summed E-state index contributed by atoms with van der Waals surface area (Å²) in [4.78, 5) is 8.05. The van der Waals surface area contributed by atoms with Gasteiger partial charge in [-0.05, 0) is 12.1 Å². The van der Waals surface area contributed by atoms with Crippen LogP contribution in [-0.4, -0.2) is 56.5 Å². The van der Waals surface area contributed by atoms with E-state index in [-0.39, 0.29) is 23.3 Å². The largest absolute Gasteiger partial charge is 0.490 e. The van der Waals surface area contributed by atoms with E-state index in [1.165, 1.54) is 41.5 Å². The summed E-state index contributed by atoms with van der Waals surface area (Å²) < 4.78 is 54.4. The highest BCUT2D eigenvalue weighted by molar-refractivity contribution is 6.58. The van der Waals surface area contributed by atoms with Crippen molar-refractivity contribution in [1.82, 2.24) is 39.3 Å². The van der Waals surface area contributed by atoms with E-state index in [1.807, 2.05) is 0 Å². The summed E-state index contributed by atoms with van der Waals surface area (Å²) in [5.74, 6) is -0.0984. The average Bonchev–Trinajstić information content (AvgIpc) is 3.52. The minimum absolute atomic E-state index is 0.0937. The van der Waals surface area contributed by atoms with Gasteiger partial charge in [0.05, 0.1) is 29.2 Å². The molecule has 0 saturated heterocycles. The minimum Gasteiger partial charge on any atom is -0.423 e. The lowest BCUT2D eigenvalue weighted by Gasteiger charge is -2.17. The van der Waals surface area contributed by atoms with Gasteiger partial charge in [0.1, 0.15) is 6.33 Å². The smallest absolute Gasteiger partial charge is 0.423 e. The Morgan fingerprint density at radius 2 is 1.75 bits per heavy atom. The van der Waals surface area contributed by atoms with Crippen molar-refractivity contribution in [3.05, 3.63) is 60.7 Å². The molecular formula is C17H15BF4N8O2. The van der Waals surface area contributed by atoms with E-state index in [1.54, 1.807) is 0 Å². The Morgan fingerprint density at radius 1 is 0.938 bits per heavy atom. The Morgan fingerprint density at radius 3 is 2.38 bits per heavy atom. The predicted octanol–water partition coefficient (Wildman–Crippen LogP) is 1.04. The molecule has 32 heavy (non-hydrogen) atoms. The van der Waals surface area contributed by atoms with Crippen molar-refractivity contribution >= 4 is 12.6 Å². The molecule has 2 N–H and O–H groups in total. The minimum atomic E-state index is -2.90. The van der Waals surface area contributed by atoms with Gasteiger partial charge in [-0.2, -0.15) is 37.5 Å². The maximum atomic E-state index is 13.1. The molecule has 0 amide bonds. The molecule has 4 aromatic heterocycles. The van der Waals surface area contributed by atoms with Crippen LogP contribution in [0.25, 0.3) is 11.4 Å². The summed E-state index contributed by atoms with van der Waals surface area (Å²) in [7, 11) is -1.71. The number of hydrogen-bond donors (Lipinski definition) is 2. The van der Waals surface area contributed by atoms with Crippen LogP contribution < -0.4 is 5.46 Å². The third-order valence-electron chi connectivity index (χ3n) is 4.65. The van der Waals surface area contributed by atoms with Crippen LogP contribution in [0.15, 0.2) is 49.3 Å². The maximum absolute atomic E-state index is 13.1. The molecule has 4 rings (SSSR count). The third kappa shape index (κ3) is 4.38. The number of hydrogen-bond acceptors (Lipinski definition) is 7. The van der Waals surface area contributed by atoms with Crippen LogP contribution in [0.3, 0.4) is 0 Å². The Balaban J connectivity index is 1.70. The van der Waals surface area contributed by atoms with Crippen LogP contribution in [0.4, 0.5) is 17.6 Å². The van der Waals surface area contributed by atoms with Gasteiger partial charge in [-0.1, -0.05) is 6.07 Å². The molecule has 0 bridgehead atoms. The highest BCUT2D eigenvalue weighted by Crippen LogP contribution is 2.25. The number of pyridine rings is 1. The van der Waals surface area contributed by atoms with Gasteiger partial charge >= 0.3 is 20.2 Å². The lowest BCUT2D eigenvalue weighted by atomic mass is 9.81. The first kappa shape index (κ1) is 21.6. The van der Waals surface area contributed by atoms with Gasteiger partial charge < -0.3 is 10.0 Å². The average molecular weight is 450 g/mol. The molecule has 0 radical (unpaired) electrons. The number of nitrogens with zero attached hydrogens (tertiary/aromatic N) is 8. The molecule has 4 aromatic rings. The van der Waals surface area contributed by atoms with Gasteiger partial charge in [-0.3, -0.25) is 9.67 Å². The van der Waals surface area contributed by atoms with Crippen LogP contribution in [0, 0.1) is 0 Å². The van der Waals surface area contributed by atoms with Crippen molar-refractivity contribution in [1.29, 1.82) is 0 Å². The first-order valence-electron chi connectivity index (χ1n) is 9.20. The first-order valence-corrected chi connectivity index (χ1v) is 9.20. The highest BCUT2D eigenvalue weighted by atomic mass is 19.3. The van der Waals surface area contributed by atoms with E-state index in [9.17, 15) is 27.6 Å². The molecule has 0 aliphatic carbocycles. The predicted molar refractivity (Wildman–Crippen MR) is 102 cm³/mol. The van der Waals surface area contributed by atoms with Crippen LogP contribution in [0.5, 0.6) is 0 Å². The van der Waals surface area contributed by atoms with E-state index in [4.69, 9.17) is 0 Å². The maximum Gasteiger partial charge on any atom is 0.490 e. The summed E-state index contributed by atoms with van der Waals surface area (Å²) in [6.45, 7) is -5.70. The lowest BCUT2D eigenvalue weighted by Crippen LogP contribution is -2.30. The number of rotatable bonds is 8.